The summed E-state index contributed by atoms with van der Waals surface area (Å²) in [5.41, 5.74) is 1.30. The largest absolute Gasteiger partial charge is 0.468 e. The van der Waals surface area contributed by atoms with Crippen molar-refractivity contribution in [2.24, 2.45) is 0 Å². The molecule has 1 fully saturated rings. The summed E-state index contributed by atoms with van der Waals surface area (Å²) in [5, 5.41) is 3.45. The second-order valence-corrected chi connectivity index (χ2v) is 5.62. The van der Waals surface area contributed by atoms with Gasteiger partial charge in [0.2, 0.25) is 0 Å². The van der Waals surface area contributed by atoms with Gasteiger partial charge in [0.05, 0.1) is 12.8 Å². The van der Waals surface area contributed by atoms with Crippen molar-refractivity contribution in [2.75, 3.05) is 32.7 Å². The van der Waals surface area contributed by atoms with Crippen LogP contribution in [0.1, 0.15) is 32.1 Å². The molecular formula is C15H27N3O. The topological polar surface area (TPSA) is 31.6 Å². The van der Waals surface area contributed by atoms with Crippen LogP contribution >= 0.6 is 0 Å². The molecule has 0 aliphatic carbocycles. The van der Waals surface area contributed by atoms with Gasteiger partial charge in [0.1, 0.15) is 5.76 Å². The number of nitrogens with zero attached hydrogens (tertiary/aromatic N) is 2. The molecule has 1 saturated heterocycles. The summed E-state index contributed by atoms with van der Waals surface area (Å²) in [6.07, 6.45) is 1.81. The Morgan fingerprint density at radius 1 is 1.21 bits per heavy atom. The van der Waals surface area contributed by atoms with Crippen molar-refractivity contribution in [1.29, 1.82) is 0 Å². The zero-order chi connectivity index (χ0) is 13.7. The third-order valence-corrected chi connectivity index (χ3v) is 3.82. The zero-order valence-corrected chi connectivity index (χ0v) is 12.5. The molecule has 4 nitrogen and oxygen atoms in total. The number of rotatable bonds is 6. The molecular weight excluding hydrogens is 238 g/mol. The molecule has 0 unspecified atom stereocenters. The first-order chi connectivity index (χ1) is 9.19. The summed E-state index contributed by atoms with van der Waals surface area (Å²) < 4.78 is 5.66. The minimum absolute atomic E-state index is 0.510. The van der Waals surface area contributed by atoms with Gasteiger partial charge >= 0.3 is 0 Å². The van der Waals surface area contributed by atoms with E-state index >= 15 is 0 Å². The molecule has 108 valence electrons. The monoisotopic (exact) mass is 265 g/mol. The third kappa shape index (κ3) is 4.34. The van der Waals surface area contributed by atoms with E-state index in [2.05, 4.69) is 42.0 Å². The fourth-order valence-corrected chi connectivity index (χ4v) is 2.44. The highest BCUT2D eigenvalue weighted by Crippen LogP contribution is 2.15. The van der Waals surface area contributed by atoms with Crippen LogP contribution < -0.4 is 5.32 Å². The van der Waals surface area contributed by atoms with Crippen LogP contribution in [0.2, 0.25) is 0 Å². The van der Waals surface area contributed by atoms with E-state index in [0.29, 0.717) is 6.04 Å². The van der Waals surface area contributed by atoms with Gasteiger partial charge in [0, 0.05) is 44.3 Å². The highest BCUT2D eigenvalue weighted by atomic mass is 16.3. The lowest BCUT2D eigenvalue weighted by atomic mass is 10.2. The van der Waals surface area contributed by atoms with E-state index in [1.54, 1.807) is 0 Å². The molecule has 0 aromatic carbocycles. The molecule has 1 N–H and O–H groups in total. The Balaban J connectivity index is 1.84. The molecule has 2 heterocycles. The Morgan fingerprint density at radius 3 is 2.53 bits per heavy atom. The second kappa shape index (κ2) is 7.08. The molecule has 0 saturated carbocycles. The van der Waals surface area contributed by atoms with Crippen molar-refractivity contribution < 1.29 is 4.42 Å². The molecule has 1 aliphatic heterocycles. The molecule has 19 heavy (non-hydrogen) atoms. The van der Waals surface area contributed by atoms with Crippen LogP contribution in [-0.4, -0.2) is 48.6 Å². The molecule has 0 bridgehead atoms. The maximum atomic E-state index is 5.66. The van der Waals surface area contributed by atoms with E-state index in [0.717, 1.165) is 38.5 Å². The van der Waals surface area contributed by atoms with Crippen LogP contribution in [0.4, 0.5) is 0 Å². The highest BCUT2D eigenvalue weighted by molar-refractivity contribution is 5.17. The van der Waals surface area contributed by atoms with Crippen molar-refractivity contribution in [2.45, 2.75) is 39.9 Å². The molecule has 1 aromatic heterocycles. The predicted molar refractivity (Wildman–Crippen MR) is 78.1 cm³/mol. The van der Waals surface area contributed by atoms with E-state index in [-0.39, 0.29) is 0 Å². The van der Waals surface area contributed by atoms with Gasteiger partial charge < -0.3 is 14.6 Å². The number of nitrogens with one attached hydrogen (secondary N) is 1. The summed E-state index contributed by atoms with van der Waals surface area (Å²) in [4.78, 5) is 4.99. The SMILES string of the molecule is CCN1CCN(Cc2occc2CNC(C)C)CC1. The second-order valence-electron chi connectivity index (χ2n) is 5.62. The standard InChI is InChI=1S/C15H27N3O/c1-4-17-6-8-18(9-7-17)12-15-14(5-10-19-15)11-16-13(2)3/h5,10,13,16H,4,6-9,11-12H2,1-3H3. The number of hydrogen-bond acceptors (Lipinski definition) is 4. The molecule has 2 rings (SSSR count). The number of furan rings is 1. The molecule has 4 heteroatoms. The van der Waals surface area contributed by atoms with Crippen molar-refractivity contribution in [3.05, 3.63) is 23.7 Å². The first-order valence-electron chi connectivity index (χ1n) is 7.42. The summed E-state index contributed by atoms with van der Waals surface area (Å²) in [6, 6.07) is 2.60. The van der Waals surface area contributed by atoms with E-state index in [9.17, 15) is 0 Å². The van der Waals surface area contributed by atoms with E-state index in [1.807, 2.05) is 6.26 Å². The zero-order valence-electron chi connectivity index (χ0n) is 12.5. The van der Waals surface area contributed by atoms with Crippen LogP contribution in [0.25, 0.3) is 0 Å². The van der Waals surface area contributed by atoms with Crippen molar-refractivity contribution in [1.82, 2.24) is 15.1 Å². The van der Waals surface area contributed by atoms with E-state index in [1.165, 1.54) is 18.7 Å². The van der Waals surface area contributed by atoms with Crippen molar-refractivity contribution >= 4 is 0 Å². The first kappa shape index (κ1) is 14.6. The van der Waals surface area contributed by atoms with Gasteiger partial charge in [-0.05, 0) is 12.6 Å². The smallest absolute Gasteiger partial charge is 0.122 e. The van der Waals surface area contributed by atoms with Gasteiger partial charge in [-0.3, -0.25) is 4.90 Å². The molecule has 0 amide bonds. The quantitative estimate of drug-likeness (QED) is 0.851. The Bertz CT molecular complexity index is 367. The minimum atomic E-state index is 0.510. The van der Waals surface area contributed by atoms with Gasteiger partial charge in [-0.1, -0.05) is 20.8 Å². The van der Waals surface area contributed by atoms with Crippen LogP contribution in [0.3, 0.4) is 0 Å². The Kier molecular flexibility index (Phi) is 5.43. The summed E-state index contributed by atoms with van der Waals surface area (Å²) in [6.45, 7) is 14.2. The molecule has 0 radical (unpaired) electrons. The number of likely N-dealkylation sites (N-methyl/N-ethyl adjacent to an activating group) is 1. The molecule has 1 aromatic rings. The minimum Gasteiger partial charge on any atom is -0.468 e. The van der Waals surface area contributed by atoms with E-state index < -0.39 is 0 Å². The van der Waals surface area contributed by atoms with Gasteiger partial charge in [-0.25, -0.2) is 0 Å². The lowest BCUT2D eigenvalue weighted by molar-refractivity contribution is 0.125. The average Bonchev–Trinajstić information content (AvgIpc) is 2.84. The fraction of sp³-hybridized carbons (Fsp3) is 0.733. The number of hydrogen-bond donors (Lipinski definition) is 1. The van der Waals surface area contributed by atoms with Crippen LogP contribution in [0.5, 0.6) is 0 Å². The lowest BCUT2D eigenvalue weighted by Crippen LogP contribution is -2.45. The first-order valence-corrected chi connectivity index (χ1v) is 7.42. The van der Waals surface area contributed by atoms with Crippen LogP contribution in [0.15, 0.2) is 16.7 Å². The molecule has 1 aliphatic rings. The summed E-state index contributed by atoms with van der Waals surface area (Å²) in [5.74, 6) is 1.12. The Morgan fingerprint density at radius 2 is 1.89 bits per heavy atom. The van der Waals surface area contributed by atoms with Crippen LogP contribution in [0, 0.1) is 0 Å². The molecule has 0 atom stereocenters. The summed E-state index contributed by atoms with van der Waals surface area (Å²) in [7, 11) is 0. The Labute approximate surface area is 116 Å². The van der Waals surface area contributed by atoms with E-state index in [4.69, 9.17) is 4.42 Å². The highest BCUT2D eigenvalue weighted by Gasteiger charge is 2.18. The van der Waals surface area contributed by atoms with Gasteiger partial charge in [-0.2, -0.15) is 0 Å². The van der Waals surface area contributed by atoms with Crippen molar-refractivity contribution in [3.63, 3.8) is 0 Å². The average molecular weight is 265 g/mol. The third-order valence-electron chi connectivity index (χ3n) is 3.82. The fourth-order valence-electron chi connectivity index (χ4n) is 2.44. The Hall–Kier alpha value is -0.840. The summed E-state index contributed by atoms with van der Waals surface area (Å²) >= 11 is 0. The number of piperazine rings is 1. The maximum Gasteiger partial charge on any atom is 0.122 e. The van der Waals surface area contributed by atoms with Gasteiger partial charge in [0.15, 0.2) is 0 Å². The normalized spacial score (nSPS) is 18.3. The maximum absolute atomic E-state index is 5.66. The van der Waals surface area contributed by atoms with Gasteiger partial charge in [-0.15, -0.1) is 0 Å². The molecule has 0 spiro atoms. The van der Waals surface area contributed by atoms with Crippen molar-refractivity contribution in [3.8, 4) is 0 Å². The lowest BCUT2D eigenvalue weighted by Gasteiger charge is -2.33. The predicted octanol–water partition coefficient (Wildman–Crippen LogP) is 1.92. The van der Waals surface area contributed by atoms with Crippen LogP contribution in [-0.2, 0) is 13.1 Å². The van der Waals surface area contributed by atoms with Gasteiger partial charge in [0.25, 0.3) is 0 Å².